The summed E-state index contributed by atoms with van der Waals surface area (Å²) in [6.45, 7) is 4.09. The van der Waals surface area contributed by atoms with Gasteiger partial charge in [0.25, 0.3) is 5.91 Å². The second-order valence-corrected chi connectivity index (χ2v) is 7.13. The van der Waals surface area contributed by atoms with E-state index in [2.05, 4.69) is 10.6 Å². The van der Waals surface area contributed by atoms with Crippen LogP contribution >= 0.6 is 0 Å². The molecule has 2 aliphatic rings. The number of benzene rings is 1. The molecule has 1 aliphatic heterocycles. The molecule has 3 rings (SSSR count). The minimum atomic E-state index is -0.810. The van der Waals surface area contributed by atoms with Crippen molar-refractivity contribution in [2.75, 3.05) is 6.54 Å². The molecule has 0 bridgehead atoms. The number of carbonyl (C=O) groups is 3. The van der Waals surface area contributed by atoms with Gasteiger partial charge in [0.05, 0.1) is 0 Å². The highest BCUT2D eigenvalue weighted by molar-refractivity contribution is 6.09. The highest BCUT2D eigenvalue weighted by Gasteiger charge is 2.54. The molecular formula is C19H25N3O3. The van der Waals surface area contributed by atoms with Crippen LogP contribution in [-0.2, 0) is 9.59 Å². The number of hydrogen-bond donors (Lipinski definition) is 2. The number of imide groups is 1. The van der Waals surface area contributed by atoms with Crippen LogP contribution in [0.15, 0.2) is 30.3 Å². The van der Waals surface area contributed by atoms with E-state index in [4.69, 9.17) is 0 Å². The summed E-state index contributed by atoms with van der Waals surface area (Å²) >= 11 is 0. The summed E-state index contributed by atoms with van der Waals surface area (Å²) in [5.74, 6) is -0.406. The van der Waals surface area contributed by atoms with Crippen molar-refractivity contribution in [2.24, 2.45) is 0 Å². The van der Waals surface area contributed by atoms with E-state index in [-0.39, 0.29) is 17.7 Å². The third kappa shape index (κ3) is 3.25. The van der Waals surface area contributed by atoms with Crippen LogP contribution in [-0.4, -0.2) is 40.9 Å². The quantitative estimate of drug-likeness (QED) is 0.804. The lowest BCUT2D eigenvalue weighted by molar-refractivity contribution is -0.137. The summed E-state index contributed by atoms with van der Waals surface area (Å²) in [4.78, 5) is 38.5. The van der Waals surface area contributed by atoms with E-state index in [1.165, 1.54) is 0 Å². The van der Waals surface area contributed by atoms with Gasteiger partial charge < -0.3 is 10.6 Å². The molecule has 2 atom stereocenters. The van der Waals surface area contributed by atoms with Gasteiger partial charge in [-0.25, -0.2) is 9.69 Å². The fourth-order valence-corrected chi connectivity index (χ4v) is 3.73. The average molecular weight is 343 g/mol. The van der Waals surface area contributed by atoms with Gasteiger partial charge >= 0.3 is 6.03 Å². The third-order valence-electron chi connectivity index (χ3n) is 5.37. The van der Waals surface area contributed by atoms with E-state index in [1.54, 1.807) is 6.92 Å². The maximum absolute atomic E-state index is 12.7. The summed E-state index contributed by atoms with van der Waals surface area (Å²) in [5.41, 5.74) is 0.360. The Morgan fingerprint density at radius 3 is 2.48 bits per heavy atom. The van der Waals surface area contributed by atoms with E-state index in [0.717, 1.165) is 23.3 Å². The molecule has 134 valence electrons. The van der Waals surface area contributed by atoms with Gasteiger partial charge in [-0.2, -0.15) is 0 Å². The Bertz CT molecular complexity index is 668. The number of urea groups is 1. The van der Waals surface area contributed by atoms with Crippen LogP contribution < -0.4 is 10.6 Å². The topological polar surface area (TPSA) is 78.5 Å². The minimum Gasteiger partial charge on any atom is -0.354 e. The van der Waals surface area contributed by atoms with Crippen LogP contribution in [0.4, 0.5) is 4.79 Å². The summed E-state index contributed by atoms with van der Waals surface area (Å²) in [7, 11) is 0. The number of amides is 4. The van der Waals surface area contributed by atoms with Gasteiger partial charge in [0.1, 0.15) is 11.6 Å². The zero-order valence-electron chi connectivity index (χ0n) is 14.7. The lowest BCUT2D eigenvalue weighted by Crippen LogP contribution is -2.50. The van der Waals surface area contributed by atoms with Gasteiger partial charge in [0.2, 0.25) is 5.91 Å². The van der Waals surface area contributed by atoms with E-state index in [1.807, 2.05) is 37.3 Å². The fourth-order valence-electron chi connectivity index (χ4n) is 3.73. The first kappa shape index (κ1) is 17.5. The Hall–Kier alpha value is -2.37. The van der Waals surface area contributed by atoms with Gasteiger partial charge in [-0.05, 0) is 31.2 Å². The lowest BCUT2D eigenvalue weighted by Gasteiger charge is -2.24. The number of rotatable bonds is 5. The molecule has 1 saturated carbocycles. The Morgan fingerprint density at radius 1 is 1.20 bits per heavy atom. The summed E-state index contributed by atoms with van der Waals surface area (Å²) in [5, 5.41) is 5.68. The number of carbonyl (C=O) groups excluding carboxylic acids is 3. The molecule has 1 aromatic carbocycles. The van der Waals surface area contributed by atoms with Crippen molar-refractivity contribution in [3.63, 3.8) is 0 Å². The average Bonchev–Trinajstić information content (AvgIpc) is 3.18. The summed E-state index contributed by atoms with van der Waals surface area (Å²) in [6.07, 6.45) is 3.17. The maximum Gasteiger partial charge on any atom is 0.325 e. The molecule has 2 N–H and O–H groups in total. The van der Waals surface area contributed by atoms with Crippen molar-refractivity contribution in [1.29, 1.82) is 0 Å². The maximum atomic E-state index is 12.7. The molecule has 0 aromatic heterocycles. The summed E-state index contributed by atoms with van der Waals surface area (Å²) in [6, 6.07) is 8.65. The smallest absolute Gasteiger partial charge is 0.325 e. The van der Waals surface area contributed by atoms with Gasteiger partial charge in [-0.3, -0.25) is 9.59 Å². The minimum absolute atomic E-state index is 0.154. The predicted octanol–water partition coefficient (Wildman–Crippen LogP) is 2.16. The zero-order valence-corrected chi connectivity index (χ0v) is 14.7. The molecule has 1 aliphatic carbocycles. The molecule has 4 amide bonds. The standard InChI is InChI=1S/C19H25N3O3/c1-13(15-8-4-3-5-9-15)12-20-16(23)14(2)22-17(24)19(21-18(22)25)10-6-7-11-19/h3-5,8-9,13-14H,6-7,10-12H2,1-2H3,(H,20,23)(H,21,25)/t13-,14+/m0/s1. The van der Waals surface area contributed by atoms with Crippen molar-refractivity contribution >= 4 is 17.8 Å². The van der Waals surface area contributed by atoms with Crippen molar-refractivity contribution in [2.45, 2.75) is 57.0 Å². The second kappa shape index (κ2) is 6.86. The van der Waals surface area contributed by atoms with Gasteiger partial charge in [-0.15, -0.1) is 0 Å². The van der Waals surface area contributed by atoms with Crippen LogP contribution in [0.3, 0.4) is 0 Å². The largest absolute Gasteiger partial charge is 0.354 e. The fraction of sp³-hybridized carbons (Fsp3) is 0.526. The highest BCUT2D eigenvalue weighted by Crippen LogP contribution is 2.35. The zero-order chi connectivity index (χ0) is 18.0. The molecule has 0 radical (unpaired) electrons. The van der Waals surface area contributed by atoms with Gasteiger partial charge in [-0.1, -0.05) is 50.1 Å². The van der Waals surface area contributed by atoms with Crippen LogP contribution in [0.25, 0.3) is 0 Å². The normalized spacial score (nSPS) is 21.3. The molecule has 1 aromatic rings. The lowest BCUT2D eigenvalue weighted by atomic mass is 9.97. The van der Waals surface area contributed by atoms with E-state index in [0.29, 0.717) is 19.4 Å². The van der Waals surface area contributed by atoms with E-state index >= 15 is 0 Å². The molecular weight excluding hydrogens is 318 g/mol. The van der Waals surface area contributed by atoms with Crippen LogP contribution in [0.1, 0.15) is 51.0 Å². The molecule has 25 heavy (non-hydrogen) atoms. The van der Waals surface area contributed by atoms with Crippen molar-refractivity contribution in [3.05, 3.63) is 35.9 Å². The molecule has 2 fully saturated rings. The molecule has 1 heterocycles. The van der Waals surface area contributed by atoms with Crippen LogP contribution in [0, 0.1) is 0 Å². The molecule has 6 heteroatoms. The number of hydrogen-bond acceptors (Lipinski definition) is 3. The van der Waals surface area contributed by atoms with Crippen molar-refractivity contribution < 1.29 is 14.4 Å². The van der Waals surface area contributed by atoms with Gasteiger partial charge in [0.15, 0.2) is 0 Å². The Balaban J connectivity index is 1.61. The highest BCUT2D eigenvalue weighted by atomic mass is 16.2. The SMILES string of the molecule is C[C@H](C(=O)NC[C@H](C)c1ccccc1)N1C(=O)NC2(CCCC2)C1=O. The van der Waals surface area contributed by atoms with E-state index in [9.17, 15) is 14.4 Å². The van der Waals surface area contributed by atoms with Crippen LogP contribution in [0.2, 0.25) is 0 Å². The third-order valence-corrected chi connectivity index (χ3v) is 5.37. The van der Waals surface area contributed by atoms with Crippen molar-refractivity contribution in [1.82, 2.24) is 15.5 Å². The monoisotopic (exact) mass is 343 g/mol. The second-order valence-electron chi connectivity index (χ2n) is 7.13. The Morgan fingerprint density at radius 2 is 1.84 bits per heavy atom. The molecule has 1 spiro atoms. The first-order chi connectivity index (χ1) is 11.9. The first-order valence-corrected chi connectivity index (χ1v) is 8.93. The molecule has 6 nitrogen and oxygen atoms in total. The number of nitrogens with zero attached hydrogens (tertiary/aromatic N) is 1. The number of nitrogens with one attached hydrogen (secondary N) is 2. The molecule has 0 unspecified atom stereocenters. The Kier molecular flexibility index (Phi) is 4.79. The van der Waals surface area contributed by atoms with Gasteiger partial charge in [0, 0.05) is 6.54 Å². The Labute approximate surface area is 148 Å². The summed E-state index contributed by atoms with van der Waals surface area (Å²) < 4.78 is 0. The van der Waals surface area contributed by atoms with Crippen LogP contribution in [0.5, 0.6) is 0 Å². The molecule has 1 saturated heterocycles. The predicted molar refractivity (Wildman–Crippen MR) is 93.9 cm³/mol. The van der Waals surface area contributed by atoms with Crippen molar-refractivity contribution in [3.8, 4) is 0 Å². The van der Waals surface area contributed by atoms with E-state index < -0.39 is 17.6 Å². The first-order valence-electron chi connectivity index (χ1n) is 8.93.